The van der Waals surface area contributed by atoms with Crippen molar-refractivity contribution in [1.29, 1.82) is 0 Å². The first-order chi connectivity index (χ1) is 11.4. The maximum absolute atomic E-state index is 5.21. The normalized spacial score (nSPS) is 17.2. The van der Waals surface area contributed by atoms with Crippen molar-refractivity contribution in [2.24, 2.45) is 10.2 Å². The molecule has 0 amide bonds. The lowest BCUT2D eigenvalue weighted by Crippen LogP contribution is -2.56. The van der Waals surface area contributed by atoms with Gasteiger partial charge in [-0.15, -0.1) is 0 Å². The van der Waals surface area contributed by atoms with Crippen LogP contribution >= 0.6 is 0 Å². The van der Waals surface area contributed by atoms with Crippen molar-refractivity contribution in [3.05, 3.63) is 0 Å². The first-order valence-corrected chi connectivity index (χ1v) is 23.9. The lowest BCUT2D eigenvalue weighted by atomic mass is 9.97. The number of hydrogen-bond acceptors (Lipinski definition) is 4. The summed E-state index contributed by atoms with van der Waals surface area (Å²) < 4.78 is 5.13. The molecule has 0 unspecified atom stereocenters. The molecule has 0 atom stereocenters. The fraction of sp³-hybridized carbons (Fsp3) is 0.889. The molecule has 1 fully saturated rings. The third-order valence-corrected chi connectivity index (χ3v) is 18.0. The summed E-state index contributed by atoms with van der Waals surface area (Å²) in [5.41, 5.74) is 2.81. The lowest BCUT2D eigenvalue weighted by Gasteiger charge is -2.43. The summed E-state index contributed by atoms with van der Waals surface area (Å²) in [6.45, 7) is 29.1. The minimum atomic E-state index is -1.42. The van der Waals surface area contributed by atoms with Crippen LogP contribution in [0.2, 0.25) is 78.6 Å². The minimum absolute atomic E-state index is 1.09. The summed E-state index contributed by atoms with van der Waals surface area (Å²) in [5.74, 6) is 0. The summed E-state index contributed by atoms with van der Waals surface area (Å²) in [6, 6.07) is 0. The van der Waals surface area contributed by atoms with E-state index in [0.29, 0.717) is 0 Å². The Kier molecular flexibility index (Phi) is 7.38. The van der Waals surface area contributed by atoms with Crippen molar-refractivity contribution in [3.63, 3.8) is 0 Å². The lowest BCUT2D eigenvalue weighted by molar-refractivity contribution is 0.643. The first kappa shape index (κ1) is 23.8. The SMILES string of the molecule is C[Si](C)(C)N(N=C1CCC(=NN([Si](C)(C)C)[Si](C)(C)C)CC1)[Si](C)(C)C. The molecule has 152 valence electrons. The van der Waals surface area contributed by atoms with Gasteiger partial charge in [-0.25, -0.2) is 10.2 Å². The van der Waals surface area contributed by atoms with Crippen molar-refractivity contribution in [3.8, 4) is 0 Å². The Morgan fingerprint density at radius 3 is 0.808 bits per heavy atom. The van der Waals surface area contributed by atoms with Gasteiger partial charge in [-0.2, -0.15) is 0 Å². The fourth-order valence-electron chi connectivity index (χ4n) is 3.92. The molecule has 0 spiro atoms. The second kappa shape index (κ2) is 8.04. The Morgan fingerprint density at radius 2 is 0.654 bits per heavy atom. The Bertz CT molecular complexity index is 455. The van der Waals surface area contributed by atoms with Crippen LogP contribution in [0.5, 0.6) is 0 Å². The van der Waals surface area contributed by atoms with Crippen LogP contribution in [0.1, 0.15) is 25.7 Å². The van der Waals surface area contributed by atoms with Crippen molar-refractivity contribution in [2.75, 3.05) is 0 Å². The maximum Gasteiger partial charge on any atom is 0.158 e. The van der Waals surface area contributed by atoms with E-state index in [9.17, 15) is 0 Å². The number of nitrogens with zero attached hydrogens (tertiary/aromatic N) is 4. The van der Waals surface area contributed by atoms with Crippen LogP contribution in [-0.2, 0) is 0 Å². The molecule has 0 N–H and O–H groups in total. The topological polar surface area (TPSA) is 31.2 Å². The molecule has 0 bridgehead atoms. The Hall–Kier alpha value is -0.192. The van der Waals surface area contributed by atoms with E-state index in [1.807, 2.05) is 0 Å². The minimum Gasteiger partial charge on any atom is -0.350 e. The Balaban J connectivity index is 2.95. The zero-order valence-electron chi connectivity index (χ0n) is 19.6. The Labute approximate surface area is 167 Å². The van der Waals surface area contributed by atoms with Crippen LogP contribution in [-0.4, -0.2) is 53.0 Å². The first-order valence-electron chi connectivity index (χ1n) is 10.2. The molecule has 1 saturated carbocycles. The largest absolute Gasteiger partial charge is 0.350 e. The standard InChI is InChI=1S/C18H44N4Si4/c1-23(2,3)21(24(4,5)6)19-17-13-15-18(16-14-17)20-22(25(7,8)9)26(10,11)12/h13-16H2,1-12H3. The third kappa shape index (κ3) is 7.09. The molecule has 0 aromatic heterocycles. The van der Waals surface area contributed by atoms with Crippen LogP contribution in [0.4, 0.5) is 0 Å². The molecule has 0 aliphatic heterocycles. The molecule has 26 heavy (non-hydrogen) atoms. The smallest absolute Gasteiger partial charge is 0.158 e. The van der Waals surface area contributed by atoms with Gasteiger partial charge in [0, 0.05) is 11.4 Å². The van der Waals surface area contributed by atoms with Crippen LogP contribution in [0.25, 0.3) is 0 Å². The average molecular weight is 429 g/mol. The molecule has 8 heteroatoms. The van der Waals surface area contributed by atoms with Crippen LogP contribution in [0.3, 0.4) is 0 Å². The third-order valence-electron chi connectivity index (χ3n) is 4.43. The highest BCUT2D eigenvalue weighted by molar-refractivity contribution is 6.90. The van der Waals surface area contributed by atoms with E-state index in [-0.39, 0.29) is 0 Å². The maximum atomic E-state index is 5.21. The van der Waals surface area contributed by atoms with Gasteiger partial charge in [-0.1, -0.05) is 78.6 Å². The van der Waals surface area contributed by atoms with Crippen LogP contribution in [0.15, 0.2) is 10.2 Å². The predicted octanol–water partition coefficient (Wildman–Crippen LogP) is 6.22. The Morgan fingerprint density at radius 1 is 0.462 bits per heavy atom. The van der Waals surface area contributed by atoms with Crippen LogP contribution in [0, 0.1) is 0 Å². The zero-order chi connectivity index (χ0) is 20.6. The molecule has 1 aliphatic rings. The average Bonchev–Trinajstić information content (AvgIpc) is 2.38. The van der Waals surface area contributed by atoms with Crippen molar-refractivity contribution < 1.29 is 0 Å². The highest BCUT2D eigenvalue weighted by Gasteiger charge is 2.36. The van der Waals surface area contributed by atoms with E-state index in [2.05, 4.69) is 87.2 Å². The molecule has 0 heterocycles. The molecule has 0 aromatic carbocycles. The van der Waals surface area contributed by atoms with Crippen molar-refractivity contribution in [2.45, 2.75) is 104 Å². The van der Waals surface area contributed by atoms with Gasteiger partial charge in [-0.05, 0) is 25.7 Å². The second-order valence-electron chi connectivity index (χ2n) is 11.6. The summed E-state index contributed by atoms with van der Waals surface area (Å²) in [4.78, 5) is 0. The van der Waals surface area contributed by atoms with Gasteiger partial charge in [0.25, 0.3) is 0 Å². The molecular formula is C18H44N4Si4. The molecule has 0 aromatic rings. The molecule has 0 radical (unpaired) electrons. The van der Waals surface area contributed by atoms with E-state index in [4.69, 9.17) is 10.2 Å². The number of hydrogen-bond donors (Lipinski definition) is 0. The molecule has 4 nitrogen and oxygen atoms in total. The van der Waals surface area contributed by atoms with Gasteiger partial charge in [0.2, 0.25) is 0 Å². The monoisotopic (exact) mass is 428 g/mol. The van der Waals surface area contributed by atoms with E-state index in [1.165, 1.54) is 11.4 Å². The fourth-order valence-corrected chi connectivity index (χ4v) is 21.8. The molecular weight excluding hydrogens is 385 g/mol. The summed E-state index contributed by atoms with van der Waals surface area (Å²) in [7, 11) is -5.68. The highest BCUT2D eigenvalue weighted by atomic mass is 28.4. The van der Waals surface area contributed by atoms with Gasteiger partial charge >= 0.3 is 0 Å². The zero-order valence-corrected chi connectivity index (χ0v) is 23.6. The van der Waals surface area contributed by atoms with Gasteiger partial charge in [0.05, 0.1) is 0 Å². The van der Waals surface area contributed by atoms with Gasteiger partial charge in [0.1, 0.15) is 0 Å². The number of hydrazone groups is 2. The predicted molar refractivity (Wildman–Crippen MR) is 130 cm³/mol. The molecule has 1 aliphatic carbocycles. The van der Waals surface area contributed by atoms with E-state index in [1.54, 1.807) is 0 Å². The molecule has 0 saturated heterocycles. The number of rotatable bonds is 6. The van der Waals surface area contributed by atoms with Gasteiger partial charge in [0.15, 0.2) is 32.9 Å². The van der Waals surface area contributed by atoms with E-state index < -0.39 is 32.9 Å². The summed E-state index contributed by atoms with van der Waals surface area (Å²) in [6.07, 6.45) is 4.37. The van der Waals surface area contributed by atoms with E-state index in [0.717, 1.165) is 25.7 Å². The quantitative estimate of drug-likeness (QED) is 0.371. The highest BCUT2D eigenvalue weighted by Crippen LogP contribution is 2.25. The van der Waals surface area contributed by atoms with Gasteiger partial charge in [-0.3, -0.25) is 0 Å². The second-order valence-corrected chi connectivity index (χ2v) is 31.6. The molecule has 1 rings (SSSR count). The summed E-state index contributed by atoms with van der Waals surface area (Å²) >= 11 is 0. The van der Waals surface area contributed by atoms with Crippen molar-refractivity contribution in [1.82, 2.24) is 8.68 Å². The van der Waals surface area contributed by atoms with Gasteiger partial charge < -0.3 is 8.68 Å². The summed E-state index contributed by atoms with van der Waals surface area (Å²) in [5, 5.41) is 10.4. The van der Waals surface area contributed by atoms with Crippen LogP contribution < -0.4 is 0 Å². The van der Waals surface area contributed by atoms with Crippen molar-refractivity contribution >= 4 is 44.4 Å². The van der Waals surface area contributed by atoms with E-state index >= 15 is 0 Å².